The number of nitrogens with zero attached hydrogens (tertiary/aromatic N) is 5. The largest absolute Gasteiger partial charge is 0.437 e. The Bertz CT molecular complexity index is 977. The molecule has 8 heteroatoms. The maximum atomic E-state index is 11.3. The Morgan fingerprint density at radius 1 is 1.00 bits per heavy atom. The summed E-state index contributed by atoms with van der Waals surface area (Å²) in [5.41, 5.74) is 2.58. The Labute approximate surface area is 175 Å². The molecule has 0 atom stereocenters. The van der Waals surface area contributed by atoms with E-state index in [2.05, 4.69) is 15.0 Å². The van der Waals surface area contributed by atoms with E-state index in [1.54, 1.807) is 43.5 Å². The van der Waals surface area contributed by atoms with Crippen LogP contribution in [0.5, 0.6) is 11.6 Å². The maximum absolute atomic E-state index is 11.3. The molecule has 0 aliphatic heterocycles. The molecule has 3 rings (SSSR count). The average Bonchev–Trinajstić information content (AvgIpc) is 2.78. The predicted molar refractivity (Wildman–Crippen MR) is 114 cm³/mol. The van der Waals surface area contributed by atoms with Gasteiger partial charge in [-0.2, -0.15) is 4.98 Å². The Hall–Kier alpha value is -3.52. The van der Waals surface area contributed by atoms with E-state index in [0.29, 0.717) is 36.2 Å². The maximum Gasteiger partial charge on any atom is 0.239 e. The molecule has 0 spiro atoms. The average molecular weight is 407 g/mol. The normalized spacial score (nSPS) is 10.5. The summed E-state index contributed by atoms with van der Waals surface area (Å²) in [6.45, 7) is 2.69. The van der Waals surface area contributed by atoms with E-state index >= 15 is 0 Å². The zero-order valence-electron chi connectivity index (χ0n) is 17.3. The van der Waals surface area contributed by atoms with Crippen LogP contribution in [0.2, 0.25) is 0 Å². The molecule has 3 aromatic rings. The lowest BCUT2D eigenvalue weighted by Crippen LogP contribution is -2.33. The first-order valence-electron chi connectivity index (χ1n) is 9.55. The Morgan fingerprint density at radius 3 is 2.37 bits per heavy atom. The minimum atomic E-state index is -0.0736. The second-order valence-corrected chi connectivity index (χ2v) is 6.90. The monoisotopic (exact) mass is 407 g/mol. The number of rotatable bonds is 8. The van der Waals surface area contributed by atoms with Gasteiger partial charge in [0.2, 0.25) is 11.8 Å². The zero-order chi connectivity index (χ0) is 21.5. The van der Waals surface area contributed by atoms with Gasteiger partial charge in [0.1, 0.15) is 5.75 Å². The van der Waals surface area contributed by atoms with Crippen molar-refractivity contribution in [2.75, 3.05) is 32.1 Å². The van der Waals surface area contributed by atoms with E-state index in [-0.39, 0.29) is 12.5 Å². The number of aromatic nitrogens is 3. The predicted octanol–water partition coefficient (Wildman–Crippen LogP) is 2.74. The van der Waals surface area contributed by atoms with Gasteiger partial charge in [-0.05, 0) is 23.8 Å². The number of aliphatic hydroxyl groups is 1. The van der Waals surface area contributed by atoms with Gasteiger partial charge in [0.25, 0.3) is 0 Å². The standard InChI is InChI=1S/C22H25N5O3/c1-16(29)26(2)10-11-27(3)21-13-23-14-22(25-21)30-20-8-5-17(6-9-20)18-4-7-19(15-28)24-12-18/h4-9,12-14,28H,10-11,15H2,1-3H3. The number of amides is 1. The lowest BCUT2D eigenvalue weighted by atomic mass is 10.1. The van der Waals surface area contributed by atoms with E-state index in [9.17, 15) is 4.79 Å². The Balaban J connectivity index is 1.64. The van der Waals surface area contributed by atoms with Crippen LogP contribution in [-0.2, 0) is 11.4 Å². The molecule has 0 aliphatic rings. The summed E-state index contributed by atoms with van der Waals surface area (Å²) in [7, 11) is 3.66. The van der Waals surface area contributed by atoms with Gasteiger partial charge in [-0.1, -0.05) is 18.2 Å². The first kappa shape index (κ1) is 21.2. The third-order valence-electron chi connectivity index (χ3n) is 4.70. The van der Waals surface area contributed by atoms with Crippen LogP contribution in [-0.4, -0.2) is 58.1 Å². The summed E-state index contributed by atoms with van der Waals surface area (Å²) in [4.78, 5) is 27.8. The van der Waals surface area contributed by atoms with E-state index in [4.69, 9.17) is 9.84 Å². The highest BCUT2D eigenvalue weighted by Gasteiger charge is 2.09. The van der Waals surface area contributed by atoms with Gasteiger partial charge in [0.05, 0.1) is 24.7 Å². The number of likely N-dealkylation sites (N-methyl/N-ethyl adjacent to an activating group) is 2. The molecule has 1 aromatic carbocycles. The molecule has 0 unspecified atom stereocenters. The number of ether oxygens (including phenoxy) is 1. The topological polar surface area (TPSA) is 91.7 Å². The van der Waals surface area contributed by atoms with Crippen LogP contribution in [0.3, 0.4) is 0 Å². The number of aliphatic hydroxyl groups excluding tert-OH is 1. The highest BCUT2D eigenvalue weighted by Crippen LogP contribution is 2.25. The van der Waals surface area contributed by atoms with Gasteiger partial charge >= 0.3 is 0 Å². The highest BCUT2D eigenvalue weighted by atomic mass is 16.5. The van der Waals surface area contributed by atoms with Gasteiger partial charge in [-0.25, -0.2) is 0 Å². The van der Waals surface area contributed by atoms with Crippen molar-refractivity contribution < 1.29 is 14.6 Å². The van der Waals surface area contributed by atoms with Crippen LogP contribution in [0, 0.1) is 0 Å². The molecule has 0 aliphatic carbocycles. The summed E-state index contributed by atoms with van der Waals surface area (Å²) < 4.78 is 5.85. The summed E-state index contributed by atoms with van der Waals surface area (Å²) in [5, 5.41) is 9.10. The third-order valence-corrected chi connectivity index (χ3v) is 4.70. The number of carbonyl (C=O) groups is 1. The first-order chi connectivity index (χ1) is 14.5. The van der Waals surface area contributed by atoms with Crippen molar-refractivity contribution in [1.82, 2.24) is 19.9 Å². The molecule has 2 aromatic heterocycles. The van der Waals surface area contributed by atoms with E-state index in [1.165, 1.54) is 0 Å². The number of benzene rings is 1. The summed E-state index contributed by atoms with van der Waals surface area (Å²) >= 11 is 0. The van der Waals surface area contributed by atoms with Gasteiger partial charge in [0, 0.05) is 45.9 Å². The molecule has 0 bridgehead atoms. The van der Waals surface area contributed by atoms with E-state index in [0.717, 1.165) is 11.1 Å². The SMILES string of the molecule is CC(=O)N(C)CCN(C)c1cncc(Oc2ccc(-c3ccc(CO)nc3)cc2)n1. The van der Waals surface area contributed by atoms with Crippen molar-refractivity contribution >= 4 is 11.7 Å². The smallest absolute Gasteiger partial charge is 0.239 e. The van der Waals surface area contributed by atoms with Gasteiger partial charge in [-0.3, -0.25) is 14.8 Å². The Kier molecular flexibility index (Phi) is 6.92. The van der Waals surface area contributed by atoms with Gasteiger partial charge in [-0.15, -0.1) is 0 Å². The summed E-state index contributed by atoms with van der Waals surface area (Å²) in [6.07, 6.45) is 4.95. The van der Waals surface area contributed by atoms with Crippen molar-refractivity contribution in [2.45, 2.75) is 13.5 Å². The molecule has 30 heavy (non-hydrogen) atoms. The Morgan fingerprint density at radius 2 is 1.73 bits per heavy atom. The molecule has 156 valence electrons. The van der Waals surface area contributed by atoms with Crippen LogP contribution in [0.15, 0.2) is 55.0 Å². The van der Waals surface area contributed by atoms with Crippen LogP contribution in [0.1, 0.15) is 12.6 Å². The lowest BCUT2D eigenvalue weighted by Gasteiger charge is -2.22. The fourth-order valence-corrected chi connectivity index (χ4v) is 2.67. The highest BCUT2D eigenvalue weighted by molar-refractivity contribution is 5.72. The van der Waals surface area contributed by atoms with Gasteiger partial charge < -0.3 is 19.6 Å². The van der Waals surface area contributed by atoms with Crippen LogP contribution in [0.25, 0.3) is 11.1 Å². The summed E-state index contributed by atoms with van der Waals surface area (Å²) in [5.74, 6) is 1.72. The molecular formula is C22H25N5O3. The molecule has 0 saturated heterocycles. The van der Waals surface area contributed by atoms with Crippen molar-refractivity contribution in [3.63, 3.8) is 0 Å². The molecule has 1 N–H and O–H groups in total. The van der Waals surface area contributed by atoms with Crippen LogP contribution >= 0.6 is 0 Å². The molecule has 0 fully saturated rings. The van der Waals surface area contributed by atoms with Crippen LogP contribution in [0.4, 0.5) is 5.82 Å². The number of anilines is 1. The van der Waals surface area contributed by atoms with Gasteiger partial charge in [0.15, 0.2) is 5.82 Å². The number of pyridine rings is 1. The molecule has 8 nitrogen and oxygen atoms in total. The molecule has 1 amide bonds. The van der Waals surface area contributed by atoms with Crippen molar-refractivity contribution in [2.24, 2.45) is 0 Å². The minimum Gasteiger partial charge on any atom is -0.437 e. The minimum absolute atomic E-state index is 0.0233. The number of carbonyl (C=O) groups excluding carboxylic acids is 1. The quantitative estimate of drug-likeness (QED) is 0.614. The van der Waals surface area contributed by atoms with Crippen molar-refractivity contribution in [3.05, 3.63) is 60.7 Å². The number of hydrogen-bond acceptors (Lipinski definition) is 7. The molecular weight excluding hydrogens is 382 g/mol. The van der Waals surface area contributed by atoms with Crippen molar-refractivity contribution in [3.8, 4) is 22.8 Å². The molecule has 2 heterocycles. The fraction of sp³-hybridized carbons (Fsp3) is 0.273. The second-order valence-electron chi connectivity index (χ2n) is 6.90. The van der Waals surface area contributed by atoms with Crippen molar-refractivity contribution in [1.29, 1.82) is 0 Å². The second kappa shape index (κ2) is 9.80. The van der Waals surface area contributed by atoms with Crippen LogP contribution < -0.4 is 9.64 Å². The fourth-order valence-electron chi connectivity index (χ4n) is 2.67. The molecule has 0 radical (unpaired) electrons. The van der Waals surface area contributed by atoms with E-state index in [1.807, 2.05) is 42.3 Å². The summed E-state index contributed by atoms with van der Waals surface area (Å²) in [6, 6.07) is 11.3. The zero-order valence-corrected chi connectivity index (χ0v) is 17.3. The lowest BCUT2D eigenvalue weighted by molar-refractivity contribution is -0.127. The van der Waals surface area contributed by atoms with E-state index < -0.39 is 0 Å². The molecule has 0 saturated carbocycles. The first-order valence-corrected chi connectivity index (χ1v) is 9.55. The third kappa shape index (κ3) is 5.51. The number of hydrogen-bond donors (Lipinski definition) is 1.